The van der Waals surface area contributed by atoms with Crippen LogP contribution in [-0.4, -0.2) is 41.7 Å². The summed E-state index contributed by atoms with van der Waals surface area (Å²) in [5.74, 6) is 0. The van der Waals surface area contributed by atoms with Crippen molar-refractivity contribution in [3.63, 3.8) is 0 Å². The molecule has 0 amide bonds. The van der Waals surface area contributed by atoms with E-state index >= 15 is 0 Å². The van der Waals surface area contributed by atoms with Gasteiger partial charge in [0.15, 0.2) is 0 Å². The number of H-pyrrole nitrogens is 1. The molecule has 0 aliphatic carbocycles. The summed E-state index contributed by atoms with van der Waals surface area (Å²) in [6.07, 6.45) is 5.03. The molecule has 2 aromatic rings. The monoisotopic (exact) mass is 327 g/mol. The number of aromatic nitrogens is 2. The molecule has 24 heavy (non-hydrogen) atoms. The van der Waals surface area contributed by atoms with Crippen molar-refractivity contribution in [2.45, 2.75) is 44.4 Å². The maximum absolute atomic E-state index is 6.01. The molecule has 4 rings (SSSR count). The van der Waals surface area contributed by atoms with Crippen molar-refractivity contribution in [3.8, 4) is 11.3 Å². The van der Waals surface area contributed by atoms with Crippen LogP contribution in [0.1, 0.15) is 30.4 Å². The molecule has 128 valence electrons. The van der Waals surface area contributed by atoms with E-state index in [0.29, 0.717) is 6.04 Å². The third-order valence-corrected chi connectivity index (χ3v) is 5.20. The van der Waals surface area contributed by atoms with Gasteiger partial charge in [-0.15, -0.1) is 0 Å². The van der Waals surface area contributed by atoms with E-state index < -0.39 is 0 Å². The van der Waals surface area contributed by atoms with Crippen molar-refractivity contribution in [2.24, 2.45) is 0 Å². The van der Waals surface area contributed by atoms with Crippen LogP contribution in [0.2, 0.25) is 0 Å². The second-order valence-corrected chi connectivity index (χ2v) is 7.04. The lowest BCUT2D eigenvalue weighted by molar-refractivity contribution is -0.0894. The van der Waals surface area contributed by atoms with Crippen molar-refractivity contribution in [1.82, 2.24) is 15.5 Å². The quantitative estimate of drug-likeness (QED) is 0.906. The first-order valence-corrected chi connectivity index (χ1v) is 8.78. The molecule has 1 spiro atoms. The zero-order valence-corrected chi connectivity index (χ0v) is 14.2. The number of aryl methyl sites for hydroxylation is 1. The van der Waals surface area contributed by atoms with Crippen LogP contribution < -0.4 is 5.32 Å². The lowest BCUT2D eigenvalue weighted by atomic mass is 9.89. The SMILES string of the molecule is Cc1ccc(-c2[nH]ncc2CN[C@@H]2CCO[C@@]3(CCOC3)C2)cc1. The third kappa shape index (κ3) is 3.24. The van der Waals surface area contributed by atoms with Gasteiger partial charge in [-0.1, -0.05) is 29.8 Å². The molecule has 0 radical (unpaired) electrons. The summed E-state index contributed by atoms with van der Waals surface area (Å²) in [7, 11) is 0. The van der Waals surface area contributed by atoms with Gasteiger partial charge in [0, 0.05) is 37.8 Å². The molecular formula is C19H25N3O2. The molecule has 2 atom stereocenters. The van der Waals surface area contributed by atoms with Crippen LogP contribution in [-0.2, 0) is 16.0 Å². The normalized spacial score (nSPS) is 27.0. The Hall–Kier alpha value is -1.69. The highest BCUT2D eigenvalue weighted by Crippen LogP contribution is 2.33. The smallest absolute Gasteiger partial charge is 0.0951 e. The number of aromatic amines is 1. The van der Waals surface area contributed by atoms with E-state index in [1.807, 2.05) is 6.20 Å². The Morgan fingerprint density at radius 2 is 2.17 bits per heavy atom. The van der Waals surface area contributed by atoms with Gasteiger partial charge in [-0.25, -0.2) is 0 Å². The Bertz CT molecular complexity index is 674. The molecule has 0 bridgehead atoms. The molecule has 2 fully saturated rings. The van der Waals surface area contributed by atoms with Gasteiger partial charge in [0.05, 0.1) is 24.1 Å². The summed E-state index contributed by atoms with van der Waals surface area (Å²) in [6.45, 7) is 5.31. The van der Waals surface area contributed by atoms with E-state index in [0.717, 1.165) is 51.3 Å². The van der Waals surface area contributed by atoms with E-state index in [9.17, 15) is 0 Å². The van der Waals surface area contributed by atoms with Crippen molar-refractivity contribution in [1.29, 1.82) is 0 Å². The van der Waals surface area contributed by atoms with Crippen molar-refractivity contribution in [2.75, 3.05) is 19.8 Å². The molecular weight excluding hydrogens is 302 g/mol. The van der Waals surface area contributed by atoms with Gasteiger partial charge in [0.2, 0.25) is 0 Å². The van der Waals surface area contributed by atoms with Gasteiger partial charge in [-0.05, 0) is 25.3 Å². The lowest BCUT2D eigenvalue weighted by Crippen LogP contribution is -2.47. The molecule has 5 heteroatoms. The Morgan fingerprint density at radius 3 is 2.96 bits per heavy atom. The minimum atomic E-state index is -0.0495. The van der Waals surface area contributed by atoms with Crippen LogP contribution in [0, 0.1) is 6.92 Å². The Balaban J connectivity index is 1.41. The maximum Gasteiger partial charge on any atom is 0.0951 e. The minimum Gasteiger partial charge on any atom is -0.378 e. The highest BCUT2D eigenvalue weighted by Gasteiger charge is 2.40. The van der Waals surface area contributed by atoms with E-state index in [4.69, 9.17) is 9.47 Å². The predicted octanol–water partition coefficient (Wildman–Crippen LogP) is 2.81. The Kier molecular flexibility index (Phi) is 4.39. The predicted molar refractivity (Wildman–Crippen MR) is 92.7 cm³/mol. The second kappa shape index (κ2) is 6.67. The third-order valence-electron chi connectivity index (χ3n) is 5.20. The molecule has 1 aromatic carbocycles. The van der Waals surface area contributed by atoms with Crippen molar-refractivity contribution >= 4 is 0 Å². The number of rotatable bonds is 4. The molecule has 2 aliphatic rings. The summed E-state index contributed by atoms with van der Waals surface area (Å²) in [6, 6.07) is 9.03. The summed E-state index contributed by atoms with van der Waals surface area (Å²) in [5, 5.41) is 11.1. The maximum atomic E-state index is 6.01. The second-order valence-electron chi connectivity index (χ2n) is 7.04. The number of nitrogens with zero attached hydrogens (tertiary/aromatic N) is 1. The van der Waals surface area contributed by atoms with Gasteiger partial charge < -0.3 is 14.8 Å². The zero-order valence-electron chi connectivity index (χ0n) is 14.2. The first-order valence-electron chi connectivity index (χ1n) is 8.78. The number of hydrogen-bond donors (Lipinski definition) is 2. The molecule has 2 N–H and O–H groups in total. The molecule has 0 unspecified atom stereocenters. The fourth-order valence-electron chi connectivity index (χ4n) is 3.73. The highest BCUT2D eigenvalue weighted by molar-refractivity contribution is 5.62. The molecule has 3 heterocycles. The lowest BCUT2D eigenvalue weighted by Gasteiger charge is -2.37. The topological polar surface area (TPSA) is 59.2 Å². The zero-order chi connectivity index (χ0) is 16.4. The van der Waals surface area contributed by atoms with Gasteiger partial charge in [0.1, 0.15) is 0 Å². The van der Waals surface area contributed by atoms with E-state index in [1.165, 1.54) is 16.7 Å². The van der Waals surface area contributed by atoms with Gasteiger partial charge in [-0.3, -0.25) is 5.10 Å². The summed E-state index contributed by atoms with van der Waals surface area (Å²) < 4.78 is 11.6. The average molecular weight is 327 g/mol. The summed E-state index contributed by atoms with van der Waals surface area (Å²) >= 11 is 0. The van der Waals surface area contributed by atoms with Crippen LogP contribution in [0.15, 0.2) is 30.5 Å². The van der Waals surface area contributed by atoms with Crippen molar-refractivity contribution in [3.05, 3.63) is 41.6 Å². The minimum absolute atomic E-state index is 0.0495. The first-order chi connectivity index (χ1) is 11.7. The molecule has 5 nitrogen and oxygen atoms in total. The number of ether oxygens (including phenoxy) is 2. The average Bonchev–Trinajstić information content (AvgIpc) is 3.24. The van der Waals surface area contributed by atoms with Crippen LogP contribution in [0.25, 0.3) is 11.3 Å². The van der Waals surface area contributed by atoms with E-state index in [1.54, 1.807) is 0 Å². The number of hydrogen-bond acceptors (Lipinski definition) is 4. The fourth-order valence-corrected chi connectivity index (χ4v) is 3.73. The fraction of sp³-hybridized carbons (Fsp3) is 0.526. The van der Waals surface area contributed by atoms with Crippen LogP contribution in [0.3, 0.4) is 0 Å². The molecule has 2 saturated heterocycles. The van der Waals surface area contributed by atoms with Crippen LogP contribution in [0.4, 0.5) is 0 Å². The standard InChI is InChI=1S/C19H25N3O2/c1-14-2-4-15(5-3-14)18-16(12-21-22-18)11-20-17-6-8-24-19(10-17)7-9-23-13-19/h2-5,12,17,20H,6-11,13H2,1H3,(H,21,22)/t17-,19+/m1/s1. The van der Waals surface area contributed by atoms with Crippen LogP contribution in [0.5, 0.6) is 0 Å². The molecule has 0 saturated carbocycles. The summed E-state index contributed by atoms with van der Waals surface area (Å²) in [5.41, 5.74) is 4.72. The van der Waals surface area contributed by atoms with Crippen molar-refractivity contribution < 1.29 is 9.47 Å². The summed E-state index contributed by atoms with van der Waals surface area (Å²) in [4.78, 5) is 0. The number of nitrogens with one attached hydrogen (secondary N) is 2. The first kappa shape index (κ1) is 15.8. The largest absolute Gasteiger partial charge is 0.378 e. The van der Waals surface area contributed by atoms with Gasteiger partial charge in [0.25, 0.3) is 0 Å². The van der Waals surface area contributed by atoms with Gasteiger partial charge in [-0.2, -0.15) is 5.10 Å². The number of benzene rings is 1. The van der Waals surface area contributed by atoms with Gasteiger partial charge >= 0.3 is 0 Å². The highest BCUT2D eigenvalue weighted by atomic mass is 16.6. The Labute approximate surface area is 142 Å². The molecule has 1 aromatic heterocycles. The van der Waals surface area contributed by atoms with E-state index in [2.05, 4.69) is 46.7 Å². The van der Waals surface area contributed by atoms with E-state index in [-0.39, 0.29) is 5.60 Å². The Morgan fingerprint density at radius 1 is 1.29 bits per heavy atom. The molecule has 2 aliphatic heterocycles. The van der Waals surface area contributed by atoms with Crippen LogP contribution >= 0.6 is 0 Å².